The van der Waals surface area contributed by atoms with E-state index in [0.717, 1.165) is 29.6 Å². The van der Waals surface area contributed by atoms with Crippen LogP contribution in [-0.2, 0) is 4.79 Å². The van der Waals surface area contributed by atoms with Crippen molar-refractivity contribution >= 4 is 28.8 Å². The molecular weight excluding hydrogens is 296 g/mol. The number of hydrogen-bond acceptors (Lipinski definition) is 3. The molecule has 22 heavy (non-hydrogen) atoms. The maximum Gasteiger partial charge on any atom is 0.326 e. The van der Waals surface area contributed by atoms with Crippen molar-refractivity contribution in [1.29, 1.82) is 0 Å². The predicted octanol–water partition coefficient (Wildman–Crippen LogP) is 4.09. The number of piperidine rings is 1. The molecule has 2 aromatic rings. The lowest BCUT2D eigenvalue weighted by atomic mass is 10.2. The van der Waals surface area contributed by atoms with Gasteiger partial charge in [0.25, 0.3) is 0 Å². The predicted molar refractivity (Wildman–Crippen MR) is 90.3 cm³/mol. The molecule has 1 N–H and O–H groups in total. The fourth-order valence-electron chi connectivity index (χ4n) is 3.01. The smallest absolute Gasteiger partial charge is 0.326 e. The molecule has 1 aliphatic rings. The Balaban J connectivity index is 1.90. The Morgan fingerprint density at radius 1 is 1.27 bits per heavy atom. The van der Waals surface area contributed by atoms with Crippen molar-refractivity contribution < 1.29 is 9.90 Å². The average Bonchev–Trinajstić information content (AvgIpc) is 2.84. The maximum absolute atomic E-state index is 11.3. The highest BCUT2D eigenvalue weighted by Gasteiger charge is 2.18. The molecule has 0 aliphatic carbocycles. The van der Waals surface area contributed by atoms with Crippen molar-refractivity contribution in [2.24, 2.45) is 0 Å². The van der Waals surface area contributed by atoms with Gasteiger partial charge in [0.05, 0.1) is 0 Å². The van der Waals surface area contributed by atoms with E-state index in [1.54, 1.807) is 6.92 Å². The van der Waals surface area contributed by atoms with Gasteiger partial charge in [0.15, 0.2) is 0 Å². The van der Waals surface area contributed by atoms with Crippen molar-refractivity contribution in [3.05, 3.63) is 30.0 Å². The molecular formula is C17H22N2O2S. The van der Waals surface area contributed by atoms with Gasteiger partial charge in [-0.15, -0.1) is 0 Å². The lowest BCUT2D eigenvalue weighted by molar-refractivity contribution is -0.140. The highest BCUT2D eigenvalue weighted by atomic mass is 32.2. The van der Waals surface area contributed by atoms with E-state index in [9.17, 15) is 9.90 Å². The Labute approximate surface area is 135 Å². The van der Waals surface area contributed by atoms with Gasteiger partial charge in [-0.05, 0) is 62.4 Å². The van der Waals surface area contributed by atoms with Crippen LogP contribution in [0.1, 0.15) is 37.8 Å². The quantitative estimate of drug-likeness (QED) is 0.863. The third-order valence-electron chi connectivity index (χ3n) is 4.33. The second-order valence-electron chi connectivity index (χ2n) is 5.99. The molecule has 5 heteroatoms. The molecule has 1 aliphatic heterocycles. The van der Waals surface area contributed by atoms with Crippen LogP contribution in [0.25, 0.3) is 10.9 Å². The molecule has 1 unspecified atom stereocenters. The number of carboxylic acid groups (broad SMARTS) is 1. The zero-order chi connectivity index (χ0) is 15.7. The molecule has 1 aromatic heterocycles. The third-order valence-corrected chi connectivity index (χ3v) is 5.42. The van der Waals surface area contributed by atoms with Crippen LogP contribution in [-0.4, -0.2) is 33.0 Å². The number of rotatable bonds is 4. The Morgan fingerprint density at radius 2 is 2.00 bits per heavy atom. The molecule has 1 saturated heterocycles. The minimum Gasteiger partial charge on any atom is -0.480 e. The van der Waals surface area contributed by atoms with E-state index in [1.165, 1.54) is 24.2 Å². The van der Waals surface area contributed by atoms with Crippen LogP contribution >= 0.6 is 11.9 Å². The Bertz CT molecular complexity index is 689. The van der Waals surface area contributed by atoms with Crippen LogP contribution in [0.4, 0.5) is 0 Å². The van der Waals surface area contributed by atoms with Crippen LogP contribution in [0.2, 0.25) is 0 Å². The molecule has 0 spiro atoms. The van der Waals surface area contributed by atoms with Gasteiger partial charge in [-0.3, -0.25) is 0 Å². The zero-order valence-corrected chi connectivity index (χ0v) is 13.9. The van der Waals surface area contributed by atoms with Gasteiger partial charge >= 0.3 is 5.97 Å². The van der Waals surface area contributed by atoms with E-state index in [-0.39, 0.29) is 0 Å². The minimum absolute atomic E-state index is 0.545. The average molecular weight is 318 g/mol. The van der Waals surface area contributed by atoms with Gasteiger partial charge in [-0.1, -0.05) is 6.42 Å². The summed E-state index contributed by atoms with van der Waals surface area (Å²) in [6.07, 6.45) is 5.84. The number of carboxylic acids is 1. The SMILES string of the molecule is Cc1cn(C(C)C(=O)O)c2ccc(SN3CCCCC3)cc12. The fraction of sp³-hybridized carbons (Fsp3) is 0.471. The number of carbonyl (C=O) groups is 1. The molecule has 0 radical (unpaired) electrons. The van der Waals surface area contributed by atoms with Crippen LogP contribution in [0.3, 0.4) is 0 Å². The summed E-state index contributed by atoms with van der Waals surface area (Å²) in [4.78, 5) is 12.5. The first-order valence-corrected chi connectivity index (χ1v) is 8.60. The Morgan fingerprint density at radius 3 is 2.68 bits per heavy atom. The molecule has 2 heterocycles. The summed E-state index contributed by atoms with van der Waals surface area (Å²) in [5, 5.41) is 10.4. The molecule has 1 aromatic carbocycles. The highest BCUT2D eigenvalue weighted by molar-refractivity contribution is 7.97. The molecule has 4 nitrogen and oxygen atoms in total. The monoisotopic (exact) mass is 318 g/mol. The van der Waals surface area contributed by atoms with Gasteiger partial charge in [0, 0.05) is 35.1 Å². The first-order chi connectivity index (χ1) is 10.6. The second kappa shape index (κ2) is 6.34. The summed E-state index contributed by atoms with van der Waals surface area (Å²) in [6.45, 7) is 6.07. The van der Waals surface area contributed by atoms with E-state index < -0.39 is 12.0 Å². The van der Waals surface area contributed by atoms with E-state index >= 15 is 0 Å². The summed E-state index contributed by atoms with van der Waals surface area (Å²) in [7, 11) is 0. The van der Waals surface area contributed by atoms with Crippen molar-refractivity contribution in [2.75, 3.05) is 13.1 Å². The molecule has 0 saturated carbocycles. The third kappa shape index (κ3) is 3.01. The molecule has 1 atom stereocenters. The molecule has 1 fully saturated rings. The van der Waals surface area contributed by atoms with Crippen molar-refractivity contribution in [3.8, 4) is 0 Å². The van der Waals surface area contributed by atoms with E-state index in [4.69, 9.17) is 0 Å². The second-order valence-corrected chi connectivity index (χ2v) is 7.16. The number of nitrogens with zero attached hydrogens (tertiary/aromatic N) is 2. The summed E-state index contributed by atoms with van der Waals surface area (Å²) in [6, 6.07) is 5.80. The van der Waals surface area contributed by atoms with Gasteiger partial charge in [0.1, 0.15) is 6.04 Å². The van der Waals surface area contributed by atoms with Crippen molar-refractivity contribution in [1.82, 2.24) is 8.87 Å². The lowest BCUT2D eigenvalue weighted by Gasteiger charge is -2.25. The summed E-state index contributed by atoms with van der Waals surface area (Å²) >= 11 is 1.82. The first-order valence-electron chi connectivity index (χ1n) is 7.83. The number of aliphatic carboxylic acids is 1. The summed E-state index contributed by atoms with van der Waals surface area (Å²) < 4.78 is 4.28. The number of benzene rings is 1. The number of hydrogen-bond donors (Lipinski definition) is 1. The Hall–Kier alpha value is -1.46. The normalized spacial score (nSPS) is 17.7. The van der Waals surface area contributed by atoms with Crippen molar-refractivity contribution in [3.63, 3.8) is 0 Å². The largest absolute Gasteiger partial charge is 0.480 e. The summed E-state index contributed by atoms with van der Waals surface area (Å²) in [5.41, 5.74) is 2.12. The van der Waals surface area contributed by atoms with E-state index in [2.05, 4.69) is 16.4 Å². The van der Waals surface area contributed by atoms with Gasteiger partial charge in [0.2, 0.25) is 0 Å². The standard InChI is InChI=1S/C17H22N2O2S/c1-12-11-19(13(2)17(20)21)16-7-6-14(10-15(12)16)22-18-8-4-3-5-9-18/h6-7,10-11,13H,3-5,8-9H2,1-2H3,(H,20,21). The maximum atomic E-state index is 11.3. The van der Waals surface area contributed by atoms with E-state index in [0.29, 0.717) is 0 Å². The highest BCUT2D eigenvalue weighted by Crippen LogP contribution is 2.31. The van der Waals surface area contributed by atoms with Crippen LogP contribution in [0, 0.1) is 6.92 Å². The Kier molecular flexibility index (Phi) is 4.45. The van der Waals surface area contributed by atoms with Crippen LogP contribution in [0.5, 0.6) is 0 Å². The molecule has 3 rings (SSSR count). The molecule has 118 valence electrons. The van der Waals surface area contributed by atoms with Crippen LogP contribution < -0.4 is 0 Å². The van der Waals surface area contributed by atoms with Crippen molar-refractivity contribution in [2.45, 2.75) is 44.0 Å². The summed E-state index contributed by atoms with van der Waals surface area (Å²) in [5.74, 6) is -0.802. The number of aromatic nitrogens is 1. The van der Waals surface area contributed by atoms with Gasteiger partial charge in [-0.25, -0.2) is 9.10 Å². The van der Waals surface area contributed by atoms with Crippen LogP contribution in [0.15, 0.2) is 29.3 Å². The fourth-order valence-corrected chi connectivity index (χ4v) is 4.04. The number of aryl methyl sites for hydroxylation is 1. The molecule has 0 bridgehead atoms. The van der Waals surface area contributed by atoms with Gasteiger partial charge < -0.3 is 9.67 Å². The lowest BCUT2D eigenvalue weighted by Crippen LogP contribution is -2.22. The molecule has 0 amide bonds. The first kappa shape index (κ1) is 15.4. The van der Waals surface area contributed by atoms with Gasteiger partial charge in [-0.2, -0.15) is 0 Å². The zero-order valence-electron chi connectivity index (χ0n) is 13.1. The minimum atomic E-state index is -0.802. The van der Waals surface area contributed by atoms with E-state index in [1.807, 2.05) is 35.7 Å². The number of fused-ring (bicyclic) bond motifs is 1. The topological polar surface area (TPSA) is 45.5 Å².